The number of fused-ring (bicyclic) bond motifs is 9. The molecule has 3 fully saturated rings. The summed E-state index contributed by atoms with van der Waals surface area (Å²) in [6, 6.07) is 10.4. The molecular weight excluding hydrogens is 530 g/mol. The number of carbonyl (C=O) groups is 1. The SMILES string of the molecule is C=C1C[C@@H]2C[C@@H]3CCO[C@@H](O3)c3cccc(c3)/C=C\C[C@H]3O[C@@H](/C(C)=C/C#N)[C@H](C)[C@@H](OC(=O)/C=C\C[C@@H](C1)O2)[C@H]3C. The summed E-state index contributed by atoms with van der Waals surface area (Å²) in [5.41, 5.74) is 4.03. The summed E-state index contributed by atoms with van der Waals surface area (Å²) in [5.74, 6) is -0.517. The second kappa shape index (κ2) is 14.0. The molecule has 0 amide bonds. The van der Waals surface area contributed by atoms with Gasteiger partial charge in [0.15, 0.2) is 6.29 Å². The number of ether oxygens (including phenoxy) is 5. The summed E-state index contributed by atoms with van der Waals surface area (Å²) in [4.78, 5) is 13.0. The summed E-state index contributed by atoms with van der Waals surface area (Å²) in [5, 5.41) is 9.29. The third-order valence-electron chi connectivity index (χ3n) is 8.90. The molecule has 0 saturated carbocycles. The van der Waals surface area contributed by atoms with Crippen LogP contribution in [0.3, 0.4) is 0 Å². The molecule has 8 bridgehead atoms. The van der Waals surface area contributed by atoms with Crippen molar-refractivity contribution < 1.29 is 28.5 Å². The van der Waals surface area contributed by atoms with E-state index in [9.17, 15) is 10.1 Å². The highest BCUT2D eigenvalue weighted by Crippen LogP contribution is 2.38. The van der Waals surface area contributed by atoms with Crippen LogP contribution in [0, 0.1) is 23.2 Å². The molecule has 7 nitrogen and oxygen atoms in total. The van der Waals surface area contributed by atoms with E-state index in [0.29, 0.717) is 19.4 Å². The van der Waals surface area contributed by atoms with Crippen LogP contribution in [0.5, 0.6) is 0 Å². The first kappa shape index (κ1) is 30.4. The fourth-order valence-corrected chi connectivity index (χ4v) is 6.73. The molecule has 3 saturated heterocycles. The van der Waals surface area contributed by atoms with Gasteiger partial charge in [0.05, 0.1) is 43.2 Å². The zero-order valence-electron chi connectivity index (χ0n) is 24.9. The predicted octanol–water partition coefficient (Wildman–Crippen LogP) is 6.77. The van der Waals surface area contributed by atoms with E-state index in [2.05, 4.69) is 43.9 Å². The Balaban J connectivity index is 1.43. The zero-order valence-corrected chi connectivity index (χ0v) is 24.9. The number of carbonyl (C=O) groups excluding carboxylic acids is 1. The van der Waals surface area contributed by atoms with Gasteiger partial charge >= 0.3 is 5.97 Å². The maximum Gasteiger partial charge on any atom is 0.330 e. The molecule has 0 aliphatic carbocycles. The molecule has 4 aliphatic heterocycles. The molecule has 0 spiro atoms. The lowest BCUT2D eigenvalue weighted by Gasteiger charge is -2.44. The van der Waals surface area contributed by atoms with Crippen LogP contribution in [0.2, 0.25) is 0 Å². The average molecular weight is 574 g/mol. The highest BCUT2D eigenvalue weighted by Gasteiger charge is 2.43. The Morgan fingerprint density at radius 1 is 1.02 bits per heavy atom. The summed E-state index contributed by atoms with van der Waals surface area (Å²) in [6.45, 7) is 10.9. The monoisotopic (exact) mass is 573 g/mol. The number of hydrogen-bond donors (Lipinski definition) is 0. The Kier molecular flexibility index (Phi) is 10.1. The third kappa shape index (κ3) is 7.48. The van der Waals surface area contributed by atoms with E-state index in [0.717, 1.165) is 48.0 Å². The Labute approximate surface area is 249 Å². The van der Waals surface area contributed by atoms with Gasteiger partial charge in [-0.15, -0.1) is 0 Å². The van der Waals surface area contributed by atoms with Crippen LogP contribution >= 0.6 is 0 Å². The van der Waals surface area contributed by atoms with Gasteiger partial charge in [0.25, 0.3) is 0 Å². The molecular formula is C35H43NO6. The van der Waals surface area contributed by atoms with Crippen LogP contribution in [0.1, 0.15) is 76.7 Å². The van der Waals surface area contributed by atoms with Gasteiger partial charge in [0.2, 0.25) is 0 Å². The van der Waals surface area contributed by atoms with Crippen LogP contribution in [0.4, 0.5) is 0 Å². The van der Waals surface area contributed by atoms with E-state index in [4.69, 9.17) is 23.7 Å². The maximum atomic E-state index is 13.0. The van der Waals surface area contributed by atoms with E-state index in [-0.39, 0.29) is 54.4 Å². The maximum absolute atomic E-state index is 13.0. The zero-order chi connectivity index (χ0) is 29.6. The van der Waals surface area contributed by atoms with E-state index >= 15 is 0 Å². The van der Waals surface area contributed by atoms with Gasteiger partial charge in [-0.05, 0) is 56.2 Å². The van der Waals surface area contributed by atoms with Gasteiger partial charge in [-0.25, -0.2) is 4.79 Å². The van der Waals surface area contributed by atoms with Gasteiger partial charge in [-0.1, -0.05) is 62.4 Å². The van der Waals surface area contributed by atoms with Crippen LogP contribution in [0.25, 0.3) is 6.08 Å². The number of esters is 1. The van der Waals surface area contributed by atoms with Gasteiger partial charge in [0, 0.05) is 36.0 Å². The lowest BCUT2D eigenvalue weighted by Crippen LogP contribution is -2.50. The molecule has 42 heavy (non-hydrogen) atoms. The van der Waals surface area contributed by atoms with Crippen molar-refractivity contribution in [2.45, 2.75) is 102 Å². The minimum atomic E-state index is -0.417. The predicted molar refractivity (Wildman–Crippen MR) is 160 cm³/mol. The molecule has 9 atom stereocenters. The van der Waals surface area contributed by atoms with Crippen LogP contribution in [-0.2, 0) is 28.5 Å². The van der Waals surface area contributed by atoms with E-state index in [1.807, 2.05) is 32.1 Å². The molecule has 224 valence electrons. The molecule has 5 rings (SSSR count). The van der Waals surface area contributed by atoms with Crippen LogP contribution in [-0.4, -0.2) is 49.2 Å². The molecule has 4 heterocycles. The first-order valence-electron chi connectivity index (χ1n) is 15.2. The number of nitrogens with zero attached hydrogens (tertiary/aromatic N) is 1. The van der Waals surface area contributed by atoms with Crippen molar-refractivity contribution in [3.05, 3.63) is 77.4 Å². The Morgan fingerprint density at radius 3 is 2.67 bits per heavy atom. The Bertz CT molecular complexity index is 1260. The molecule has 7 heteroatoms. The smallest absolute Gasteiger partial charge is 0.330 e. The van der Waals surface area contributed by atoms with Crippen molar-refractivity contribution in [3.63, 3.8) is 0 Å². The second-order valence-corrected chi connectivity index (χ2v) is 12.2. The highest BCUT2D eigenvalue weighted by atomic mass is 16.7. The van der Waals surface area contributed by atoms with Gasteiger partial charge < -0.3 is 23.7 Å². The summed E-state index contributed by atoms with van der Waals surface area (Å²) < 4.78 is 31.5. The molecule has 4 aliphatic rings. The normalized spacial score (nSPS) is 37.9. The van der Waals surface area contributed by atoms with Crippen molar-refractivity contribution in [1.29, 1.82) is 5.26 Å². The fraction of sp³-hybridized carbons (Fsp3) is 0.543. The van der Waals surface area contributed by atoms with Crippen molar-refractivity contribution in [2.24, 2.45) is 11.8 Å². The fourth-order valence-electron chi connectivity index (χ4n) is 6.73. The van der Waals surface area contributed by atoms with E-state index in [1.165, 1.54) is 12.2 Å². The minimum absolute atomic E-state index is 0.0197. The average Bonchev–Trinajstić information content (AvgIpc) is 2.96. The van der Waals surface area contributed by atoms with E-state index < -0.39 is 6.29 Å². The summed E-state index contributed by atoms with van der Waals surface area (Å²) in [7, 11) is 0. The summed E-state index contributed by atoms with van der Waals surface area (Å²) in [6.07, 6.45) is 12.2. The first-order chi connectivity index (χ1) is 20.3. The number of allylic oxidation sites excluding steroid dienone is 1. The quantitative estimate of drug-likeness (QED) is 0.208. The van der Waals surface area contributed by atoms with Gasteiger partial charge in [0.1, 0.15) is 6.10 Å². The van der Waals surface area contributed by atoms with Crippen molar-refractivity contribution in [1.82, 2.24) is 0 Å². The van der Waals surface area contributed by atoms with E-state index in [1.54, 1.807) is 0 Å². The largest absolute Gasteiger partial charge is 0.458 e. The molecule has 0 N–H and O–H groups in total. The standard InChI is InChI=1S/C35H43NO6/c1-22-18-28-11-7-13-32(37)42-34-24(3)31(41-33(25(34)4)23(2)14-16-36)12-6-9-26-8-5-10-27(20-26)35-38-17-15-29(40-35)21-30(19-22)39-28/h5-10,13-14,20,24-25,28-31,33-35H,1,11-12,15,17-19,21H2,2-4H3/b9-6-,13-7-,23-14+/t24-,25-,28-,29-,30+,31+,33-,34-,35-/m0/s1. The molecule has 1 aromatic carbocycles. The van der Waals surface area contributed by atoms with Crippen LogP contribution in [0.15, 0.2) is 66.3 Å². The Hall–Kier alpha value is -3.02. The first-order valence-corrected chi connectivity index (χ1v) is 15.2. The van der Waals surface area contributed by atoms with Crippen LogP contribution < -0.4 is 0 Å². The lowest BCUT2D eigenvalue weighted by atomic mass is 9.79. The van der Waals surface area contributed by atoms with Crippen molar-refractivity contribution in [3.8, 4) is 6.07 Å². The minimum Gasteiger partial charge on any atom is -0.458 e. The third-order valence-corrected chi connectivity index (χ3v) is 8.90. The number of benzene rings is 1. The Morgan fingerprint density at radius 2 is 1.83 bits per heavy atom. The molecule has 0 radical (unpaired) electrons. The topological polar surface area (TPSA) is 87.0 Å². The van der Waals surface area contributed by atoms with Crippen molar-refractivity contribution >= 4 is 12.0 Å². The number of nitriles is 1. The van der Waals surface area contributed by atoms with Crippen molar-refractivity contribution in [2.75, 3.05) is 6.61 Å². The number of hydrogen-bond acceptors (Lipinski definition) is 7. The number of rotatable bonds is 1. The second-order valence-electron chi connectivity index (χ2n) is 12.2. The molecule has 0 unspecified atom stereocenters. The van der Waals surface area contributed by atoms with Gasteiger partial charge in [-0.2, -0.15) is 5.26 Å². The summed E-state index contributed by atoms with van der Waals surface area (Å²) >= 11 is 0. The molecule has 0 aromatic heterocycles. The highest BCUT2D eigenvalue weighted by molar-refractivity contribution is 5.82. The molecule has 1 aromatic rings. The van der Waals surface area contributed by atoms with Gasteiger partial charge in [-0.3, -0.25) is 0 Å². The lowest BCUT2D eigenvalue weighted by molar-refractivity contribution is -0.225.